The fourth-order valence-corrected chi connectivity index (χ4v) is 4.12. The van der Waals surface area contributed by atoms with Gasteiger partial charge in [0.25, 0.3) is 0 Å². The molecule has 3 heterocycles. The van der Waals surface area contributed by atoms with E-state index in [-0.39, 0.29) is 12.6 Å². The molecule has 0 aromatic heterocycles. The Bertz CT molecular complexity index is 1410. The number of aromatic nitrogens is 3. The van der Waals surface area contributed by atoms with Crippen molar-refractivity contribution in [3.05, 3.63) is 83.3 Å². The first kappa shape index (κ1) is 18.2. The molecule has 5 nitrogen and oxygen atoms in total. The quantitative estimate of drug-likeness (QED) is 0.363. The van der Waals surface area contributed by atoms with Gasteiger partial charge in [-0.15, -0.1) is 10.2 Å². The maximum Gasteiger partial charge on any atom is 0.231 e. The fourth-order valence-electron chi connectivity index (χ4n) is 3.99. The van der Waals surface area contributed by atoms with Crippen molar-refractivity contribution in [1.82, 2.24) is 14.8 Å². The van der Waals surface area contributed by atoms with Gasteiger partial charge in [-0.25, -0.2) is 4.39 Å². The fraction of sp³-hybridized carbons (Fsp3) is 0.0833. The molecule has 7 heteroatoms. The van der Waals surface area contributed by atoms with Gasteiger partial charge in [-0.3, -0.25) is 0 Å². The molecule has 0 aliphatic carbocycles. The van der Waals surface area contributed by atoms with E-state index in [2.05, 4.69) is 14.8 Å². The highest BCUT2D eigenvalue weighted by atomic mass is 35.5. The molecule has 0 saturated carbocycles. The topological polar surface area (TPSA) is 49.2 Å². The van der Waals surface area contributed by atoms with E-state index in [4.69, 9.17) is 21.1 Å². The number of nitrogens with zero attached hydrogens (tertiary/aromatic N) is 3. The van der Waals surface area contributed by atoms with Crippen LogP contribution in [0.3, 0.4) is 0 Å². The molecule has 152 valence electrons. The third-order valence-electron chi connectivity index (χ3n) is 5.48. The van der Waals surface area contributed by atoms with E-state index in [0.717, 1.165) is 22.2 Å². The van der Waals surface area contributed by atoms with Crippen LogP contribution in [0.25, 0.3) is 33.4 Å². The highest BCUT2D eigenvalue weighted by Gasteiger charge is 2.22. The summed E-state index contributed by atoms with van der Waals surface area (Å²) in [7, 11) is 0. The summed E-state index contributed by atoms with van der Waals surface area (Å²) >= 11 is 6.04. The van der Waals surface area contributed by atoms with Crippen LogP contribution in [0.2, 0.25) is 5.02 Å². The average molecular weight is 432 g/mol. The summed E-state index contributed by atoms with van der Waals surface area (Å²) in [5.41, 5.74) is 5.03. The Labute approximate surface area is 182 Å². The van der Waals surface area contributed by atoms with E-state index in [1.165, 1.54) is 12.1 Å². The molecule has 3 aromatic rings. The van der Waals surface area contributed by atoms with Crippen molar-refractivity contribution in [3.8, 4) is 34.0 Å². The van der Waals surface area contributed by atoms with Crippen LogP contribution < -0.4 is 9.47 Å². The second kappa shape index (κ2) is 6.96. The largest absolute Gasteiger partial charge is 0.454 e. The Kier molecular flexibility index (Phi) is 4.07. The van der Waals surface area contributed by atoms with Crippen molar-refractivity contribution in [2.75, 3.05) is 6.79 Å². The second-order valence-electron chi connectivity index (χ2n) is 7.42. The molecule has 31 heavy (non-hydrogen) atoms. The zero-order chi connectivity index (χ0) is 20.9. The van der Waals surface area contributed by atoms with Crippen molar-refractivity contribution in [2.45, 2.75) is 6.54 Å². The molecule has 0 bridgehead atoms. The van der Waals surface area contributed by atoms with Gasteiger partial charge in [-0.05, 0) is 54.1 Å². The standard InChI is InChI=1S/C24H15ClFN3O2/c25-16-4-1-14(2-5-16)11-29-12-19-23(15-3-8-21-22(9-15)31-13-30-21)27-28-24(19)18-10-17(26)6-7-20(18)29/h1-10,12H,11,13H2. The van der Waals surface area contributed by atoms with Gasteiger partial charge in [0.05, 0.1) is 5.52 Å². The lowest BCUT2D eigenvalue weighted by Gasteiger charge is -2.15. The number of fused-ring (bicyclic) bond motifs is 4. The number of halogens is 2. The highest BCUT2D eigenvalue weighted by molar-refractivity contribution is 6.30. The monoisotopic (exact) mass is 431 g/mol. The van der Waals surface area contributed by atoms with Crippen molar-refractivity contribution >= 4 is 22.5 Å². The smallest absolute Gasteiger partial charge is 0.231 e. The summed E-state index contributed by atoms with van der Waals surface area (Å²) in [6, 6.07) is 18.1. The van der Waals surface area contributed by atoms with Crippen LogP contribution in [0.5, 0.6) is 11.5 Å². The molecule has 0 radical (unpaired) electrons. The zero-order valence-electron chi connectivity index (χ0n) is 16.2. The van der Waals surface area contributed by atoms with E-state index in [9.17, 15) is 4.39 Å². The minimum atomic E-state index is -0.314. The van der Waals surface area contributed by atoms with Gasteiger partial charge in [0, 0.05) is 34.3 Å². The molecule has 6 rings (SSSR count). The number of hydrogen-bond acceptors (Lipinski definition) is 4. The first-order chi connectivity index (χ1) is 15.2. The van der Waals surface area contributed by atoms with Crippen LogP contribution in [0.4, 0.5) is 4.39 Å². The first-order valence-corrected chi connectivity index (χ1v) is 10.1. The normalized spacial score (nSPS) is 12.7. The van der Waals surface area contributed by atoms with Gasteiger partial charge in [0.15, 0.2) is 11.5 Å². The molecule has 3 aliphatic heterocycles. The minimum absolute atomic E-state index is 0.206. The Morgan fingerprint density at radius 1 is 0.903 bits per heavy atom. The maximum absolute atomic E-state index is 14.1. The molecule has 0 unspecified atom stereocenters. The van der Waals surface area contributed by atoms with Crippen molar-refractivity contribution in [3.63, 3.8) is 0 Å². The molecular weight excluding hydrogens is 417 g/mol. The van der Waals surface area contributed by atoms with Gasteiger partial charge in [0.2, 0.25) is 6.79 Å². The molecule has 0 atom stereocenters. The average Bonchev–Trinajstić information content (AvgIpc) is 3.41. The zero-order valence-corrected chi connectivity index (χ0v) is 16.9. The van der Waals surface area contributed by atoms with E-state index in [0.29, 0.717) is 39.8 Å². The third-order valence-corrected chi connectivity index (χ3v) is 5.73. The van der Waals surface area contributed by atoms with Crippen molar-refractivity contribution in [2.24, 2.45) is 0 Å². The van der Waals surface area contributed by atoms with Gasteiger partial charge in [-0.1, -0.05) is 23.7 Å². The summed E-state index contributed by atoms with van der Waals surface area (Å²) in [4.78, 5) is 0. The Morgan fingerprint density at radius 3 is 2.58 bits per heavy atom. The summed E-state index contributed by atoms with van der Waals surface area (Å²) in [6.07, 6.45) is 2.02. The van der Waals surface area contributed by atoms with E-state index in [1.807, 2.05) is 48.7 Å². The first-order valence-electron chi connectivity index (χ1n) is 9.75. The SMILES string of the molecule is Fc1ccc2c(c1)c1nnc(-c3ccc4c(c3)OCO4)c-1cn2Cc1ccc(Cl)cc1. The van der Waals surface area contributed by atoms with Crippen LogP contribution in [-0.2, 0) is 6.54 Å². The predicted molar refractivity (Wildman–Crippen MR) is 116 cm³/mol. The van der Waals surface area contributed by atoms with Crippen LogP contribution in [-0.4, -0.2) is 21.6 Å². The van der Waals surface area contributed by atoms with E-state index >= 15 is 0 Å². The molecule has 0 N–H and O–H groups in total. The number of benzene rings is 3. The lowest BCUT2D eigenvalue weighted by atomic mass is 10.0. The van der Waals surface area contributed by atoms with Gasteiger partial charge >= 0.3 is 0 Å². The second-order valence-corrected chi connectivity index (χ2v) is 7.86. The molecule has 3 aliphatic rings. The van der Waals surface area contributed by atoms with Gasteiger partial charge in [-0.2, -0.15) is 0 Å². The number of pyridine rings is 1. The Morgan fingerprint density at radius 2 is 1.71 bits per heavy atom. The lowest BCUT2D eigenvalue weighted by molar-refractivity contribution is 0.174. The summed E-state index contributed by atoms with van der Waals surface area (Å²) in [5.74, 6) is 1.07. The summed E-state index contributed by atoms with van der Waals surface area (Å²) in [6.45, 7) is 0.804. The molecule has 3 aromatic carbocycles. The van der Waals surface area contributed by atoms with Gasteiger partial charge < -0.3 is 14.0 Å². The van der Waals surface area contributed by atoms with Crippen LogP contribution in [0, 0.1) is 5.82 Å². The molecule has 0 amide bonds. The Balaban J connectivity index is 1.55. The summed E-state index contributed by atoms with van der Waals surface area (Å²) < 4.78 is 27.1. The van der Waals surface area contributed by atoms with Crippen molar-refractivity contribution in [1.29, 1.82) is 0 Å². The molecule has 0 fully saturated rings. The Hall–Kier alpha value is -3.64. The van der Waals surface area contributed by atoms with Gasteiger partial charge in [0.1, 0.15) is 17.2 Å². The van der Waals surface area contributed by atoms with Crippen LogP contribution in [0.1, 0.15) is 5.56 Å². The van der Waals surface area contributed by atoms with Crippen molar-refractivity contribution < 1.29 is 13.9 Å². The van der Waals surface area contributed by atoms with Crippen LogP contribution >= 0.6 is 11.6 Å². The molecule has 0 spiro atoms. The minimum Gasteiger partial charge on any atom is -0.454 e. The highest BCUT2D eigenvalue weighted by Crippen LogP contribution is 2.40. The number of ether oxygens (including phenoxy) is 2. The third kappa shape index (κ3) is 3.07. The molecule has 0 saturated heterocycles. The van der Waals surface area contributed by atoms with E-state index in [1.54, 1.807) is 6.07 Å². The predicted octanol–water partition coefficient (Wildman–Crippen LogP) is 5.77. The number of hydrogen-bond donors (Lipinski definition) is 0. The maximum atomic E-state index is 14.1. The molecular formula is C24H15ClFN3O2. The summed E-state index contributed by atoms with van der Waals surface area (Å²) in [5, 5.41) is 10.2. The number of rotatable bonds is 3. The lowest BCUT2D eigenvalue weighted by Crippen LogP contribution is -2.04. The van der Waals surface area contributed by atoms with E-state index < -0.39 is 0 Å². The van der Waals surface area contributed by atoms with Crippen LogP contribution in [0.15, 0.2) is 66.9 Å².